The van der Waals surface area contributed by atoms with Crippen molar-refractivity contribution in [3.8, 4) is 0 Å². The summed E-state index contributed by atoms with van der Waals surface area (Å²) in [6, 6.07) is 13.3. The first-order chi connectivity index (χ1) is 9.56. The van der Waals surface area contributed by atoms with Crippen LogP contribution in [-0.4, -0.2) is 11.7 Å². The fraction of sp³-hybridized carbons (Fsp3) is 0.133. The lowest BCUT2D eigenvalue weighted by Gasteiger charge is -2.08. The van der Waals surface area contributed by atoms with Crippen molar-refractivity contribution in [1.82, 2.24) is 0 Å². The number of benzene rings is 2. The molecule has 0 unspecified atom stereocenters. The third kappa shape index (κ3) is 4.02. The summed E-state index contributed by atoms with van der Waals surface area (Å²) in [6.45, 7) is 2.00. The van der Waals surface area contributed by atoms with Crippen LogP contribution in [0.3, 0.4) is 0 Å². The van der Waals surface area contributed by atoms with Crippen LogP contribution in [0.2, 0.25) is 0 Å². The second-order valence-corrected chi connectivity index (χ2v) is 6.23. The Morgan fingerprint density at radius 3 is 2.75 bits per heavy atom. The first-order valence-corrected chi connectivity index (χ1v) is 7.87. The van der Waals surface area contributed by atoms with Gasteiger partial charge in [-0.25, -0.2) is 0 Å². The van der Waals surface area contributed by atoms with E-state index in [9.17, 15) is 4.79 Å². The van der Waals surface area contributed by atoms with E-state index in [-0.39, 0.29) is 5.91 Å². The Bertz CT molecular complexity index is 631. The number of carbonyl (C=O) groups excluding carboxylic acids is 1. The molecular formula is C15H15BrN2OS. The molecule has 0 fully saturated rings. The fourth-order valence-electron chi connectivity index (χ4n) is 1.66. The predicted molar refractivity (Wildman–Crippen MR) is 89.1 cm³/mol. The zero-order valence-electron chi connectivity index (χ0n) is 11.0. The molecule has 0 atom stereocenters. The number of hydrogen-bond donors (Lipinski definition) is 2. The normalized spacial score (nSPS) is 10.3. The maximum absolute atomic E-state index is 11.9. The molecule has 0 bridgehead atoms. The van der Waals surface area contributed by atoms with E-state index in [2.05, 4.69) is 21.2 Å². The molecule has 104 valence electrons. The first kappa shape index (κ1) is 14.9. The number of amides is 1. The Hall–Kier alpha value is -1.46. The summed E-state index contributed by atoms with van der Waals surface area (Å²) in [6.07, 6.45) is 0. The molecule has 0 radical (unpaired) electrons. The minimum Gasteiger partial charge on any atom is -0.398 e. The highest BCUT2D eigenvalue weighted by Crippen LogP contribution is 2.26. The molecule has 2 aromatic carbocycles. The number of anilines is 2. The number of aryl methyl sites for hydroxylation is 1. The van der Waals surface area contributed by atoms with Gasteiger partial charge in [0.05, 0.1) is 11.4 Å². The Kier molecular flexibility index (Phi) is 5.09. The van der Waals surface area contributed by atoms with E-state index >= 15 is 0 Å². The van der Waals surface area contributed by atoms with Crippen molar-refractivity contribution in [2.75, 3.05) is 16.8 Å². The molecule has 1 amide bonds. The van der Waals surface area contributed by atoms with E-state index in [0.29, 0.717) is 11.4 Å². The smallest absolute Gasteiger partial charge is 0.234 e. The summed E-state index contributed by atoms with van der Waals surface area (Å²) in [5, 5.41) is 2.88. The largest absolute Gasteiger partial charge is 0.398 e. The molecule has 0 saturated carbocycles. The fourth-order valence-corrected chi connectivity index (χ4v) is 3.02. The van der Waals surface area contributed by atoms with Crippen molar-refractivity contribution < 1.29 is 4.79 Å². The van der Waals surface area contributed by atoms with E-state index in [1.807, 2.05) is 49.4 Å². The number of nitrogens with one attached hydrogen (secondary N) is 1. The van der Waals surface area contributed by atoms with E-state index in [0.717, 1.165) is 20.6 Å². The summed E-state index contributed by atoms with van der Waals surface area (Å²) in [5.41, 5.74) is 8.46. The van der Waals surface area contributed by atoms with E-state index in [1.165, 1.54) is 11.8 Å². The van der Waals surface area contributed by atoms with Gasteiger partial charge in [0.2, 0.25) is 5.91 Å². The van der Waals surface area contributed by atoms with Crippen LogP contribution in [0.5, 0.6) is 0 Å². The van der Waals surface area contributed by atoms with Crippen LogP contribution in [0.15, 0.2) is 51.8 Å². The van der Waals surface area contributed by atoms with Crippen LogP contribution < -0.4 is 11.1 Å². The van der Waals surface area contributed by atoms with Crippen molar-refractivity contribution in [2.24, 2.45) is 0 Å². The van der Waals surface area contributed by atoms with Crippen LogP contribution in [-0.2, 0) is 4.79 Å². The molecule has 0 saturated heterocycles. The number of nitrogens with two attached hydrogens (primary N) is 1. The molecular weight excluding hydrogens is 336 g/mol. The number of thioether (sulfide) groups is 1. The molecule has 2 aromatic rings. The van der Waals surface area contributed by atoms with Gasteiger partial charge in [-0.2, -0.15) is 0 Å². The quantitative estimate of drug-likeness (QED) is 0.645. The molecule has 0 aromatic heterocycles. The highest BCUT2D eigenvalue weighted by molar-refractivity contribution is 9.10. The monoisotopic (exact) mass is 350 g/mol. The lowest BCUT2D eigenvalue weighted by molar-refractivity contribution is -0.113. The zero-order valence-corrected chi connectivity index (χ0v) is 13.4. The van der Waals surface area contributed by atoms with Gasteiger partial charge in [0.1, 0.15) is 0 Å². The molecule has 0 heterocycles. The molecule has 20 heavy (non-hydrogen) atoms. The Labute approximate surface area is 131 Å². The topological polar surface area (TPSA) is 55.1 Å². The van der Waals surface area contributed by atoms with Gasteiger partial charge in [-0.05, 0) is 52.7 Å². The van der Waals surface area contributed by atoms with Crippen molar-refractivity contribution >= 4 is 45.0 Å². The van der Waals surface area contributed by atoms with Gasteiger partial charge in [-0.1, -0.05) is 18.2 Å². The van der Waals surface area contributed by atoms with E-state index < -0.39 is 0 Å². The molecule has 3 N–H and O–H groups in total. The standard InChI is InChI=1S/C15H15BrN2OS/c1-10-6-7-13(11(16)8-10)18-15(19)9-20-14-5-3-2-4-12(14)17/h2-8H,9,17H2,1H3,(H,18,19). The van der Waals surface area contributed by atoms with Gasteiger partial charge in [0, 0.05) is 15.1 Å². The average molecular weight is 351 g/mol. The summed E-state index contributed by atoms with van der Waals surface area (Å²) in [7, 11) is 0. The summed E-state index contributed by atoms with van der Waals surface area (Å²) >= 11 is 4.87. The van der Waals surface area contributed by atoms with Gasteiger partial charge in [-0.15, -0.1) is 11.8 Å². The van der Waals surface area contributed by atoms with E-state index in [4.69, 9.17) is 5.73 Å². The zero-order chi connectivity index (χ0) is 14.5. The average Bonchev–Trinajstić information content (AvgIpc) is 2.41. The number of carbonyl (C=O) groups is 1. The minimum absolute atomic E-state index is 0.0530. The van der Waals surface area contributed by atoms with Crippen molar-refractivity contribution in [1.29, 1.82) is 0 Å². The SMILES string of the molecule is Cc1ccc(NC(=O)CSc2ccccc2N)c(Br)c1. The van der Waals surface area contributed by atoms with Crippen LogP contribution in [0.4, 0.5) is 11.4 Å². The van der Waals surface area contributed by atoms with Gasteiger partial charge >= 0.3 is 0 Å². The number of rotatable bonds is 4. The number of halogens is 1. The van der Waals surface area contributed by atoms with E-state index in [1.54, 1.807) is 0 Å². The van der Waals surface area contributed by atoms with Crippen LogP contribution in [0.1, 0.15) is 5.56 Å². The number of nitrogen functional groups attached to an aromatic ring is 1. The lowest BCUT2D eigenvalue weighted by Crippen LogP contribution is -2.14. The van der Waals surface area contributed by atoms with Crippen molar-refractivity contribution in [3.63, 3.8) is 0 Å². The molecule has 5 heteroatoms. The molecule has 0 aliphatic rings. The molecule has 0 aliphatic carbocycles. The summed E-state index contributed by atoms with van der Waals surface area (Å²) < 4.78 is 0.884. The molecule has 0 spiro atoms. The lowest BCUT2D eigenvalue weighted by atomic mass is 10.2. The third-order valence-corrected chi connectivity index (χ3v) is 4.42. The highest BCUT2D eigenvalue weighted by atomic mass is 79.9. The maximum atomic E-state index is 11.9. The second kappa shape index (κ2) is 6.81. The van der Waals surface area contributed by atoms with Crippen LogP contribution in [0.25, 0.3) is 0 Å². The van der Waals surface area contributed by atoms with Crippen LogP contribution in [0, 0.1) is 6.92 Å². The summed E-state index contributed by atoms with van der Waals surface area (Å²) in [5.74, 6) is 0.275. The minimum atomic E-state index is -0.0530. The van der Waals surface area contributed by atoms with Gasteiger partial charge < -0.3 is 11.1 Å². The van der Waals surface area contributed by atoms with Crippen molar-refractivity contribution in [2.45, 2.75) is 11.8 Å². The first-order valence-electron chi connectivity index (χ1n) is 6.09. The second-order valence-electron chi connectivity index (χ2n) is 4.36. The Morgan fingerprint density at radius 1 is 1.30 bits per heavy atom. The van der Waals surface area contributed by atoms with Gasteiger partial charge in [-0.3, -0.25) is 4.79 Å². The maximum Gasteiger partial charge on any atom is 0.234 e. The van der Waals surface area contributed by atoms with Crippen molar-refractivity contribution in [3.05, 3.63) is 52.5 Å². The Morgan fingerprint density at radius 2 is 2.05 bits per heavy atom. The number of hydrogen-bond acceptors (Lipinski definition) is 3. The molecule has 2 rings (SSSR count). The van der Waals surface area contributed by atoms with Gasteiger partial charge in [0.25, 0.3) is 0 Å². The van der Waals surface area contributed by atoms with Crippen LogP contribution >= 0.6 is 27.7 Å². The number of para-hydroxylation sites is 1. The molecule has 3 nitrogen and oxygen atoms in total. The Balaban J connectivity index is 1.94. The van der Waals surface area contributed by atoms with Gasteiger partial charge in [0.15, 0.2) is 0 Å². The molecule has 0 aliphatic heterocycles. The highest BCUT2D eigenvalue weighted by Gasteiger charge is 2.07. The summed E-state index contributed by atoms with van der Waals surface area (Å²) in [4.78, 5) is 12.9. The predicted octanol–water partition coefficient (Wildman–Crippen LogP) is 4.07. The third-order valence-electron chi connectivity index (χ3n) is 2.68.